The standard InChI is InChI=1S/C15H19N3O/c1-11-4-3-5-12(2)18(11)15(19)13-6-7-17-10-16-9-14(17)8-13/h6-12H,3-5H2,1-2H3. The van der Waals surface area contributed by atoms with Gasteiger partial charge in [0.2, 0.25) is 0 Å². The first-order chi connectivity index (χ1) is 9.16. The molecule has 100 valence electrons. The molecule has 1 saturated heterocycles. The van der Waals surface area contributed by atoms with Crippen LogP contribution in [0.2, 0.25) is 0 Å². The van der Waals surface area contributed by atoms with Gasteiger partial charge in [0.25, 0.3) is 5.91 Å². The van der Waals surface area contributed by atoms with Gasteiger partial charge >= 0.3 is 0 Å². The number of likely N-dealkylation sites (tertiary alicyclic amines) is 1. The fourth-order valence-corrected chi connectivity index (χ4v) is 3.02. The second kappa shape index (κ2) is 4.68. The average molecular weight is 257 g/mol. The Labute approximate surface area is 113 Å². The van der Waals surface area contributed by atoms with Gasteiger partial charge in [-0.3, -0.25) is 4.79 Å². The molecule has 0 N–H and O–H groups in total. The molecule has 0 bridgehead atoms. The Bertz CT molecular complexity index is 594. The van der Waals surface area contributed by atoms with Crippen LogP contribution < -0.4 is 0 Å². The van der Waals surface area contributed by atoms with Gasteiger partial charge in [-0.1, -0.05) is 0 Å². The Balaban J connectivity index is 1.93. The van der Waals surface area contributed by atoms with E-state index in [0.717, 1.165) is 23.9 Å². The van der Waals surface area contributed by atoms with Crippen molar-refractivity contribution in [1.82, 2.24) is 14.3 Å². The number of aromatic nitrogens is 2. The normalized spacial score (nSPS) is 23.8. The van der Waals surface area contributed by atoms with Gasteiger partial charge in [0.1, 0.15) is 0 Å². The van der Waals surface area contributed by atoms with Crippen LogP contribution >= 0.6 is 0 Å². The molecule has 1 aliphatic heterocycles. The number of fused-ring (bicyclic) bond motifs is 1. The fraction of sp³-hybridized carbons (Fsp3) is 0.467. The maximum atomic E-state index is 12.7. The van der Waals surface area contributed by atoms with E-state index in [2.05, 4.69) is 18.8 Å². The zero-order valence-corrected chi connectivity index (χ0v) is 11.4. The fourth-order valence-electron chi connectivity index (χ4n) is 3.02. The highest BCUT2D eigenvalue weighted by molar-refractivity contribution is 5.95. The lowest BCUT2D eigenvalue weighted by atomic mass is 9.96. The molecule has 3 rings (SSSR count). The minimum absolute atomic E-state index is 0.142. The summed E-state index contributed by atoms with van der Waals surface area (Å²) in [5.41, 5.74) is 1.72. The van der Waals surface area contributed by atoms with Crippen molar-refractivity contribution in [2.45, 2.75) is 45.2 Å². The minimum Gasteiger partial charge on any atom is -0.333 e. The van der Waals surface area contributed by atoms with E-state index >= 15 is 0 Å². The van der Waals surface area contributed by atoms with Gasteiger partial charge in [0.05, 0.1) is 18.0 Å². The second-order valence-electron chi connectivity index (χ2n) is 5.48. The minimum atomic E-state index is 0.142. The zero-order chi connectivity index (χ0) is 13.4. The quantitative estimate of drug-likeness (QED) is 0.787. The number of hydrogen-bond acceptors (Lipinski definition) is 2. The molecule has 2 unspecified atom stereocenters. The molecule has 0 radical (unpaired) electrons. The van der Waals surface area contributed by atoms with Crippen LogP contribution in [0, 0.1) is 0 Å². The Hall–Kier alpha value is -1.84. The van der Waals surface area contributed by atoms with Gasteiger partial charge in [-0.25, -0.2) is 4.98 Å². The van der Waals surface area contributed by atoms with Crippen LogP contribution in [0.5, 0.6) is 0 Å². The number of rotatable bonds is 1. The number of carbonyl (C=O) groups excluding carboxylic acids is 1. The van der Waals surface area contributed by atoms with Crippen LogP contribution in [0.4, 0.5) is 0 Å². The molecule has 3 heterocycles. The van der Waals surface area contributed by atoms with Crippen molar-refractivity contribution in [3.8, 4) is 0 Å². The Morgan fingerprint density at radius 1 is 1.32 bits per heavy atom. The van der Waals surface area contributed by atoms with E-state index in [1.807, 2.05) is 27.6 Å². The highest BCUT2D eigenvalue weighted by Crippen LogP contribution is 2.24. The third-order valence-corrected chi connectivity index (χ3v) is 4.09. The number of piperidine rings is 1. The summed E-state index contributed by atoms with van der Waals surface area (Å²) < 4.78 is 1.92. The molecule has 0 aliphatic carbocycles. The van der Waals surface area contributed by atoms with E-state index in [1.54, 1.807) is 12.5 Å². The van der Waals surface area contributed by atoms with Crippen molar-refractivity contribution < 1.29 is 4.79 Å². The highest BCUT2D eigenvalue weighted by atomic mass is 16.2. The molecular formula is C15H19N3O. The number of nitrogens with zero attached hydrogens (tertiary/aromatic N) is 3. The van der Waals surface area contributed by atoms with Crippen molar-refractivity contribution in [1.29, 1.82) is 0 Å². The Morgan fingerprint density at radius 2 is 2.05 bits per heavy atom. The van der Waals surface area contributed by atoms with Crippen LogP contribution in [-0.4, -0.2) is 32.3 Å². The zero-order valence-electron chi connectivity index (χ0n) is 11.4. The predicted molar refractivity (Wildman–Crippen MR) is 74.1 cm³/mol. The third kappa shape index (κ3) is 2.11. The van der Waals surface area contributed by atoms with E-state index in [1.165, 1.54) is 6.42 Å². The number of imidazole rings is 1. The van der Waals surface area contributed by atoms with E-state index in [9.17, 15) is 4.79 Å². The summed E-state index contributed by atoms with van der Waals surface area (Å²) in [5.74, 6) is 0.142. The molecule has 4 nitrogen and oxygen atoms in total. The second-order valence-corrected chi connectivity index (χ2v) is 5.48. The molecule has 1 aliphatic rings. The van der Waals surface area contributed by atoms with Crippen molar-refractivity contribution in [2.24, 2.45) is 0 Å². The van der Waals surface area contributed by atoms with Gasteiger partial charge < -0.3 is 9.30 Å². The number of hydrogen-bond donors (Lipinski definition) is 0. The summed E-state index contributed by atoms with van der Waals surface area (Å²) >= 11 is 0. The van der Waals surface area contributed by atoms with Crippen LogP contribution in [0.15, 0.2) is 30.9 Å². The number of carbonyl (C=O) groups is 1. The summed E-state index contributed by atoms with van der Waals surface area (Å²) in [6.07, 6.45) is 8.84. The third-order valence-electron chi connectivity index (χ3n) is 4.09. The van der Waals surface area contributed by atoms with Gasteiger partial charge in [-0.2, -0.15) is 0 Å². The molecule has 0 aromatic carbocycles. The molecule has 0 saturated carbocycles. The van der Waals surface area contributed by atoms with Crippen LogP contribution in [-0.2, 0) is 0 Å². The number of pyridine rings is 1. The van der Waals surface area contributed by atoms with Crippen LogP contribution in [0.3, 0.4) is 0 Å². The monoisotopic (exact) mass is 257 g/mol. The molecule has 0 spiro atoms. The first-order valence-electron chi connectivity index (χ1n) is 6.91. The summed E-state index contributed by atoms with van der Waals surface area (Å²) in [7, 11) is 0. The lowest BCUT2D eigenvalue weighted by Gasteiger charge is -2.39. The maximum Gasteiger partial charge on any atom is 0.254 e. The molecule has 4 heteroatoms. The lowest BCUT2D eigenvalue weighted by molar-refractivity contribution is 0.0511. The van der Waals surface area contributed by atoms with Crippen LogP contribution in [0.25, 0.3) is 5.52 Å². The van der Waals surface area contributed by atoms with Crippen LogP contribution in [0.1, 0.15) is 43.5 Å². The van der Waals surface area contributed by atoms with Crippen molar-refractivity contribution in [3.63, 3.8) is 0 Å². The molecule has 19 heavy (non-hydrogen) atoms. The summed E-state index contributed by atoms with van der Waals surface area (Å²) in [5, 5.41) is 0. The van der Waals surface area contributed by atoms with Gasteiger partial charge in [0.15, 0.2) is 0 Å². The Kier molecular flexibility index (Phi) is 3.01. The summed E-state index contributed by atoms with van der Waals surface area (Å²) in [6, 6.07) is 4.46. The van der Waals surface area contributed by atoms with Gasteiger partial charge in [-0.15, -0.1) is 0 Å². The molecule has 1 amide bonds. The predicted octanol–water partition coefficient (Wildman–Crippen LogP) is 2.74. The number of amides is 1. The molecule has 1 fully saturated rings. The first kappa shape index (κ1) is 12.2. The van der Waals surface area contributed by atoms with E-state index in [0.29, 0.717) is 12.1 Å². The lowest BCUT2D eigenvalue weighted by Crippen LogP contribution is -2.47. The highest BCUT2D eigenvalue weighted by Gasteiger charge is 2.29. The summed E-state index contributed by atoms with van der Waals surface area (Å²) in [6.45, 7) is 4.29. The van der Waals surface area contributed by atoms with Gasteiger partial charge in [0, 0.05) is 23.8 Å². The van der Waals surface area contributed by atoms with Crippen molar-refractivity contribution >= 4 is 11.4 Å². The topological polar surface area (TPSA) is 37.6 Å². The molecule has 2 aromatic heterocycles. The molecule has 2 atom stereocenters. The van der Waals surface area contributed by atoms with E-state index in [-0.39, 0.29) is 5.91 Å². The van der Waals surface area contributed by atoms with Gasteiger partial charge in [-0.05, 0) is 45.2 Å². The first-order valence-corrected chi connectivity index (χ1v) is 6.91. The van der Waals surface area contributed by atoms with Crippen molar-refractivity contribution in [3.05, 3.63) is 36.4 Å². The van der Waals surface area contributed by atoms with Crippen molar-refractivity contribution in [2.75, 3.05) is 0 Å². The molecule has 2 aromatic rings. The van der Waals surface area contributed by atoms with E-state index in [4.69, 9.17) is 0 Å². The Morgan fingerprint density at radius 3 is 2.79 bits per heavy atom. The van der Waals surface area contributed by atoms with E-state index < -0.39 is 0 Å². The smallest absolute Gasteiger partial charge is 0.254 e. The average Bonchev–Trinajstić information content (AvgIpc) is 2.85. The largest absolute Gasteiger partial charge is 0.333 e. The SMILES string of the molecule is CC1CCCC(C)N1C(=O)c1ccn2cncc2c1. The summed E-state index contributed by atoms with van der Waals surface area (Å²) in [4.78, 5) is 18.8. The maximum absolute atomic E-state index is 12.7. The molecular weight excluding hydrogens is 238 g/mol.